The molecule has 0 fully saturated rings. The third kappa shape index (κ3) is 2.98. The Morgan fingerprint density at radius 1 is 1.13 bits per heavy atom. The van der Waals surface area contributed by atoms with Crippen LogP contribution in [0.2, 0.25) is 0 Å². The predicted molar refractivity (Wildman–Crippen MR) is 80.1 cm³/mol. The lowest BCUT2D eigenvalue weighted by atomic mass is 10.2. The van der Waals surface area contributed by atoms with Gasteiger partial charge in [-0.1, -0.05) is 18.2 Å². The van der Waals surface area contributed by atoms with Crippen molar-refractivity contribution in [3.8, 4) is 0 Å². The number of hydrogen-bond acceptors (Lipinski definition) is 5. The van der Waals surface area contributed by atoms with E-state index < -0.39 is 16.7 Å². The van der Waals surface area contributed by atoms with Gasteiger partial charge in [0, 0.05) is 23.3 Å². The van der Waals surface area contributed by atoms with Crippen LogP contribution in [0.3, 0.4) is 0 Å². The molecule has 0 bridgehead atoms. The molecule has 2 aromatic carbocycles. The SMILES string of the molecule is O=C1OC(c2ccc([N+](=O)[O-])cc2)=NC1=Cc1ccccc1F. The first kappa shape index (κ1) is 14.6. The number of carbonyl (C=O) groups excluding carboxylic acids is 1. The van der Waals surface area contributed by atoms with Crippen molar-refractivity contribution in [3.05, 3.63) is 81.3 Å². The average Bonchev–Trinajstić information content (AvgIpc) is 2.91. The number of aliphatic imine (C=N–C) groups is 1. The van der Waals surface area contributed by atoms with E-state index >= 15 is 0 Å². The summed E-state index contributed by atoms with van der Waals surface area (Å²) in [6.45, 7) is 0. The van der Waals surface area contributed by atoms with Crippen molar-refractivity contribution in [1.29, 1.82) is 0 Å². The number of benzene rings is 2. The highest BCUT2D eigenvalue weighted by molar-refractivity contribution is 6.12. The molecular formula is C16H9FN2O4. The molecule has 0 amide bonds. The summed E-state index contributed by atoms with van der Waals surface area (Å²) in [5.74, 6) is -1.17. The van der Waals surface area contributed by atoms with Crippen molar-refractivity contribution < 1.29 is 18.8 Å². The fourth-order valence-corrected chi connectivity index (χ4v) is 2.00. The summed E-state index contributed by atoms with van der Waals surface area (Å²) >= 11 is 0. The van der Waals surface area contributed by atoms with Gasteiger partial charge in [-0.05, 0) is 24.3 Å². The molecule has 3 rings (SSSR count). The lowest BCUT2D eigenvalue weighted by molar-refractivity contribution is -0.384. The van der Waals surface area contributed by atoms with Gasteiger partial charge in [0.2, 0.25) is 5.90 Å². The van der Waals surface area contributed by atoms with Gasteiger partial charge in [-0.25, -0.2) is 14.2 Å². The normalized spacial score (nSPS) is 15.4. The second-order valence-electron chi connectivity index (χ2n) is 4.66. The lowest BCUT2D eigenvalue weighted by Gasteiger charge is -1.98. The molecule has 0 aliphatic carbocycles. The Bertz CT molecular complexity index is 857. The Balaban J connectivity index is 1.92. The second kappa shape index (κ2) is 5.80. The molecule has 114 valence electrons. The summed E-state index contributed by atoms with van der Waals surface area (Å²) in [7, 11) is 0. The summed E-state index contributed by atoms with van der Waals surface area (Å²) in [6.07, 6.45) is 1.29. The smallest absolute Gasteiger partial charge is 0.363 e. The first-order chi connectivity index (χ1) is 11.0. The Morgan fingerprint density at radius 2 is 1.83 bits per heavy atom. The maximum Gasteiger partial charge on any atom is 0.363 e. The molecule has 0 saturated heterocycles. The highest BCUT2D eigenvalue weighted by atomic mass is 19.1. The molecule has 0 N–H and O–H groups in total. The minimum absolute atomic E-state index is 0.0208. The summed E-state index contributed by atoms with van der Waals surface area (Å²) in [4.78, 5) is 25.9. The van der Waals surface area contributed by atoms with E-state index in [1.54, 1.807) is 6.07 Å². The van der Waals surface area contributed by atoms with E-state index in [0.717, 1.165) is 0 Å². The molecule has 1 aliphatic rings. The highest BCUT2D eigenvalue weighted by Crippen LogP contribution is 2.21. The van der Waals surface area contributed by atoms with Gasteiger partial charge < -0.3 is 4.74 Å². The summed E-state index contributed by atoms with van der Waals surface area (Å²) in [5.41, 5.74) is 0.512. The van der Waals surface area contributed by atoms with Crippen molar-refractivity contribution in [2.24, 2.45) is 4.99 Å². The third-order valence-corrected chi connectivity index (χ3v) is 3.14. The Hall–Kier alpha value is -3.35. The van der Waals surface area contributed by atoms with Gasteiger partial charge in [0.15, 0.2) is 5.70 Å². The highest BCUT2D eigenvalue weighted by Gasteiger charge is 2.24. The van der Waals surface area contributed by atoms with E-state index in [4.69, 9.17) is 4.74 Å². The largest absolute Gasteiger partial charge is 0.402 e. The molecule has 0 radical (unpaired) electrons. The van der Waals surface area contributed by atoms with Crippen LogP contribution in [0.15, 0.2) is 59.2 Å². The second-order valence-corrected chi connectivity index (χ2v) is 4.66. The first-order valence-electron chi connectivity index (χ1n) is 6.56. The summed E-state index contributed by atoms with van der Waals surface area (Å²) in [6, 6.07) is 11.4. The molecule has 6 nitrogen and oxygen atoms in total. The number of nitro groups is 1. The predicted octanol–water partition coefficient (Wildman–Crippen LogP) is 3.08. The van der Waals surface area contributed by atoms with Crippen LogP contribution in [0.5, 0.6) is 0 Å². The molecule has 0 unspecified atom stereocenters. The van der Waals surface area contributed by atoms with Crippen molar-refractivity contribution in [3.63, 3.8) is 0 Å². The first-order valence-corrected chi connectivity index (χ1v) is 6.56. The fraction of sp³-hybridized carbons (Fsp3) is 0. The van der Waals surface area contributed by atoms with Crippen LogP contribution in [0.4, 0.5) is 10.1 Å². The van der Waals surface area contributed by atoms with Crippen LogP contribution in [-0.4, -0.2) is 16.8 Å². The number of halogens is 1. The minimum atomic E-state index is -0.707. The molecular weight excluding hydrogens is 303 g/mol. The minimum Gasteiger partial charge on any atom is -0.402 e. The molecule has 23 heavy (non-hydrogen) atoms. The summed E-state index contributed by atoms with van der Waals surface area (Å²) in [5, 5.41) is 10.6. The molecule has 0 aromatic heterocycles. The molecule has 2 aromatic rings. The number of carbonyl (C=O) groups is 1. The third-order valence-electron chi connectivity index (χ3n) is 3.14. The number of esters is 1. The molecule has 0 atom stereocenters. The fourth-order valence-electron chi connectivity index (χ4n) is 2.00. The van der Waals surface area contributed by atoms with E-state index in [9.17, 15) is 19.3 Å². The zero-order valence-electron chi connectivity index (χ0n) is 11.6. The van der Waals surface area contributed by atoms with Crippen molar-refractivity contribution in [2.75, 3.05) is 0 Å². The quantitative estimate of drug-likeness (QED) is 0.377. The van der Waals surface area contributed by atoms with Gasteiger partial charge in [-0.15, -0.1) is 0 Å². The molecule has 0 spiro atoms. The molecule has 1 aliphatic heterocycles. The van der Waals surface area contributed by atoms with Gasteiger partial charge in [0.25, 0.3) is 5.69 Å². The zero-order chi connectivity index (χ0) is 16.4. The maximum absolute atomic E-state index is 13.6. The van der Waals surface area contributed by atoms with Gasteiger partial charge in [-0.2, -0.15) is 0 Å². The number of nitrogens with zero attached hydrogens (tertiary/aromatic N) is 2. The number of non-ortho nitro benzene ring substituents is 1. The Labute approximate surface area is 129 Å². The summed E-state index contributed by atoms with van der Waals surface area (Å²) < 4.78 is 18.6. The van der Waals surface area contributed by atoms with Gasteiger partial charge in [0.05, 0.1) is 4.92 Å². The monoisotopic (exact) mass is 312 g/mol. The zero-order valence-corrected chi connectivity index (χ0v) is 11.6. The van der Waals surface area contributed by atoms with Crippen LogP contribution in [-0.2, 0) is 9.53 Å². The van der Waals surface area contributed by atoms with Gasteiger partial charge in [-0.3, -0.25) is 10.1 Å². The topological polar surface area (TPSA) is 81.8 Å². The number of cyclic esters (lactones) is 1. The van der Waals surface area contributed by atoms with E-state index in [-0.39, 0.29) is 22.8 Å². The lowest BCUT2D eigenvalue weighted by Crippen LogP contribution is -2.05. The van der Waals surface area contributed by atoms with Crippen LogP contribution in [0.25, 0.3) is 6.08 Å². The van der Waals surface area contributed by atoms with Crippen LogP contribution in [0.1, 0.15) is 11.1 Å². The van der Waals surface area contributed by atoms with Gasteiger partial charge >= 0.3 is 5.97 Å². The standard InChI is InChI=1S/C16H9FN2O4/c17-13-4-2-1-3-11(13)9-14-16(20)23-15(18-14)10-5-7-12(8-6-10)19(21)22/h1-9H. The van der Waals surface area contributed by atoms with E-state index in [1.807, 2.05) is 0 Å². The molecule has 1 heterocycles. The van der Waals surface area contributed by atoms with Gasteiger partial charge in [0.1, 0.15) is 5.82 Å². The van der Waals surface area contributed by atoms with E-state index in [1.165, 1.54) is 48.5 Å². The van der Waals surface area contributed by atoms with Crippen LogP contribution >= 0.6 is 0 Å². The van der Waals surface area contributed by atoms with E-state index in [2.05, 4.69) is 4.99 Å². The van der Waals surface area contributed by atoms with E-state index in [0.29, 0.717) is 5.56 Å². The van der Waals surface area contributed by atoms with Crippen molar-refractivity contribution >= 4 is 23.6 Å². The number of ether oxygens (including phenoxy) is 1. The average molecular weight is 312 g/mol. The number of rotatable bonds is 3. The van der Waals surface area contributed by atoms with Crippen LogP contribution < -0.4 is 0 Å². The number of hydrogen-bond donors (Lipinski definition) is 0. The molecule has 7 heteroatoms. The maximum atomic E-state index is 13.6. The molecule has 0 saturated carbocycles. The Morgan fingerprint density at radius 3 is 2.48 bits per heavy atom. The Kier molecular flexibility index (Phi) is 3.68. The number of nitro benzene ring substituents is 1. The van der Waals surface area contributed by atoms with Crippen molar-refractivity contribution in [2.45, 2.75) is 0 Å². The van der Waals surface area contributed by atoms with Crippen LogP contribution in [0, 0.1) is 15.9 Å². The van der Waals surface area contributed by atoms with Crippen molar-refractivity contribution in [1.82, 2.24) is 0 Å².